The predicted octanol–water partition coefficient (Wildman–Crippen LogP) is 4.83. The van der Waals surface area contributed by atoms with Crippen LogP contribution in [0.25, 0.3) is 0 Å². The molecule has 0 aromatic carbocycles. The number of aromatic nitrogens is 3. The van der Waals surface area contributed by atoms with Gasteiger partial charge in [0.15, 0.2) is 5.16 Å². The summed E-state index contributed by atoms with van der Waals surface area (Å²) in [5.41, 5.74) is 0. The van der Waals surface area contributed by atoms with E-state index in [1.807, 2.05) is 23.4 Å². The molecule has 0 N–H and O–H groups in total. The van der Waals surface area contributed by atoms with Crippen molar-refractivity contribution in [3.63, 3.8) is 0 Å². The SMILES string of the molecule is CCCCCCCCCCCCSc1nncn1C. The molecule has 0 bridgehead atoms. The highest BCUT2D eigenvalue weighted by atomic mass is 32.2. The molecule has 0 spiro atoms. The van der Waals surface area contributed by atoms with Gasteiger partial charge in [-0.15, -0.1) is 10.2 Å². The number of hydrogen-bond acceptors (Lipinski definition) is 3. The molecule has 1 aromatic heterocycles. The van der Waals surface area contributed by atoms with Crippen molar-refractivity contribution in [3.05, 3.63) is 6.33 Å². The molecule has 0 amide bonds. The van der Waals surface area contributed by atoms with Gasteiger partial charge in [-0.05, 0) is 6.42 Å². The van der Waals surface area contributed by atoms with Gasteiger partial charge in [-0.3, -0.25) is 0 Å². The van der Waals surface area contributed by atoms with Crippen molar-refractivity contribution in [3.8, 4) is 0 Å². The van der Waals surface area contributed by atoms with Crippen LogP contribution in [0.4, 0.5) is 0 Å². The minimum atomic E-state index is 1.04. The van der Waals surface area contributed by atoms with Gasteiger partial charge in [0.25, 0.3) is 0 Å². The highest BCUT2D eigenvalue weighted by molar-refractivity contribution is 7.99. The van der Waals surface area contributed by atoms with E-state index in [0.717, 1.165) is 5.16 Å². The van der Waals surface area contributed by atoms with Crippen LogP contribution < -0.4 is 0 Å². The minimum Gasteiger partial charge on any atom is -0.312 e. The van der Waals surface area contributed by atoms with E-state index < -0.39 is 0 Å². The van der Waals surface area contributed by atoms with Crippen LogP contribution in [0.1, 0.15) is 71.1 Å². The maximum Gasteiger partial charge on any atom is 0.190 e. The molecule has 110 valence electrons. The summed E-state index contributed by atoms with van der Waals surface area (Å²) in [6.07, 6.45) is 15.7. The van der Waals surface area contributed by atoms with Crippen molar-refractivity contribution in [2.45, 2.75) is 76.3 Å². The summed E-state index contributed by atoms with van der Waals surface area (Å²) in [6.45, 7) is 2.28. The molecule has 19 heavy (non-hydrogen) atoms. The van der Waals surface area contributed by atoms with E-state index in [9.17, 15) is 0 Å². The Kier molecular flexibility index (Phi) is 9.86. The third-order valence-corrected chi connectivity index (χ3v) is 4.52. The second kappa shape index (κ2) is 11.3. The number of unbranched alkanes of at least 4 members (excludes halogenated alkanes) is 9. The Labute approximate surface area is 122 Å². The quantitative estimate of drug-likeness (QED) is 0.407. The highest BCUT2D eigenvalue weighted by Gasteiger charge is 2.00. The molecular weight excluding hydrogens is 254 g/mol. The van der Waals surface area contributed by atoms with E-state index >= 15 is 0 Å². The molecule has 0 aliphatic heterocycles. The lowest BCUT2D eigenvalue weighted by molar-refractivity contribution is 0.563. The van der Waals surface area contributed by atoms with Gasteiger partial charge in [0.05, 0.1) is 0 Å². The zero-order valence-corrected chi connectivity index (χ0v) is 13.4. The first kappa shape index (κ1) is 16.5. The Morgan fingerprint density at radius 2 is 1.53 bits per heavy atom. The molecule has 1 rings (SSSR count). The lowest BCUT2D eigenvalue weighted by atomic mass is 10.1. The van der Waals surface area contributed by atoms with Crippen LogP contribution in [0.5, 0.6) is 0 Å². The molecule has 0 aliphatic rings. The fourth-order valence-corrected chi connectivity index (χ4v) is 3.04. The average Bonchev–Trinajstić information content (AvgIpc) is 2.82. The van der Waals surface area contributed by atoms with E-state index in [0.29, 0.717) is 0 Å². The maximum absolute atomic E-state index is 4.07. The first-order chi connectivity index (χ1) is 9.34. The Morgan fingerprint density at radius 3 is 2.05 bits per heavy atom. The molecule has 0 saturated heterocycles. The van der Waals surface area contributed by atoms with Crippen molar-refractivity contribution in [2.75, 3.05) is 5.75 Å². The van der Waals surface area contributed by atoms with Crippen molar-refractivity contribution in [1.82, 2.24) is 14.8 Å². The summed E-state index contributed by atoms with van der Waals surface area (Å²) in [6, 6.07) is 0. The summed E-state index contributed by atoms with van der Waals surface area (Å²) < 4.78 is 1.99. The van der Waals surface area contributed by atoms with Crippen LogP contribution in [-0.4, -0.2) is 20.5 Å². The second-order valence-corrected chi connectivity index (χ2v) is 6.32. The molecular formula is C15H29N3S. The summed E-state index contributed by atoms with van der Waals surface area (Å²) in [5.74, 6) is 1.17. The van der Waals surface area contributed by atoms with Crippen LogP contribution in [-0.2, 0) is 7.05 Å². The Balaban J connectivity index is 1.80. The number of nitrogens with zero attached hydrogens (tertiary/aromatic N) is 3. The summed E-state index contributed by atoms with van der Waals surface area (Å²) in [5, 5.41) is 9.00. The maximum atomic E-state index is 4.07. The zero-order chi connectivity index (χ0) is 13.8. The van der Waals surface area contributed by atoms with Gasteiger partial charge >= 0.3 is 0 Å². The van der Waals surface area contributed by atoms with Gasteiger partial charge in [0.1, 0.15) is 6.33 Å². The van der Waals surface area contributed by atoms with E-state index in [1.165, 1.54) is 70.0 Å². The van der Waals surface area contributed by atoms with Gasteiger partial charge in [-0.25, -0.2) is 0 Å². The van der Waals surface area contributed by atoms with Gasteiger partial charge in [-0.1, -0.05) is 76.5 Å². The molecule has 0 fully saturated rings. The van der Waals surface area contributed by atoms with E-state index in [1.54, 1.807) is 6.33 Å². The zero-order valence-electron chi connectivity index (χ0n) is 12.6. The van der Waals surface area contributed by atoms with E-state index in [4.69, 9.17) is 0 Å². The monoisotopic (exact) mass is 283 g/mol. The van der Waals surface area contributed by atoms with Gasteiger partial charge in [0.2, 0.25) is 0 Å². The Hall–Kier alpha value is -0.510. The van der Waals surface area contributed by atoms with E-state index in [2.05, 4.69) is 17.1 Å². The van der Waals surface area contributed by atoms with Crippen LogP contribution in [0.3, 0.4) is 0 Å². The standard InChI is InChI=1S/C15H29N3S/c1-3-4-5-6-7-8-9-10-11-12-13-19-15-17-16-14-18(15)2/h14H,3-13H2,1-2H3. The van der Waals surface area contributed by atoms with E-state index in [-0.39, 0.29) is 0 Å². The fourth-order valence-electron chi connectivity index (χ4n) is 2.16. The lowest BCUT2D eigenvalue weighted by Gasteiger charge is -2.02. The predicted molar refractivity (Wildman–Crippen MR) is 83.6 cm³/mol. The molecule has 0 radical (unpaired) electrons. The molecule has 0 atom stereocenters. The molecule has 0 aliphatic carbocycles. The van der Waals surface area contributed by atoms with Crippen LogP contribution in [0, 0.1) is 0 Å². The van der Waals surface area contributed by atoms with Crippen LogP contribution in [0.2, 0.25) is 0 Å². The summed E-state index contributed by atoms with van der Waals surface area (Å²) in [4.78, 5) is 0. The Bertz CT molecular complexity index is 312. The normalized spacial score (nSPS) is 11.1. The molecule has 3 nitrogen and oxygen atoms in total. The minimum absolute atomic E-state index is 1.04. The first-order valence-electron chi connectivity index (χ1n) is 7.81. The van der Waals surface area contributed by atoms with Crippen molar-refractivity contribution >= 4 is 11.8 Å². The molecule has 1 heterocycles. The topological polar surface area (TPSA) is 30.7 Å². The third kappa shape index (κ3) is 8.30. The lowest BCUT2D eigenvalue weighted by Crippen LogP contribution is -1.90. The molecule has 1 aromatic rings. The van der Waals surface area contributed by atoms with Gasteiger partial charge < -0.3 is 4.57 Å². The van der Waals surface area contributed by atoms with Crippen molar-refractivity contribution < 1.29 is 0 Å². The summed E-state index contributed by atoms with van der Waals surface area (Å²) in [7, 11) is 2.00. The second-order valence-electron chi connectivity index (χ2n) is 5.25. The van der Waals surface area contributed by atoms with Crippen LogP contribution >= 0.6 is 11.8 Å². The highest BCUT2D eigenvalue weighted by Crippen LogP contribution is 2.17. The fraction of sp³-hybridized carbons (Fsp3) is 0.867. The third-order valence-electron chi connectivity index (χ3n) is 3.40. The number of aryl methyl sites for hydroxylation is 1. The number of rotatable bonds is 12. The smallest absolute Gasteiger partial charge is 0.190 e. The molecule has 0 saturated carbocycles. The average molecular weight is 283 g/mol. The number of thioether (sulfide) groups is 1. The first-order valence-corrected chi connectivity index (χ1v) is 8.80. The van der Waals surface area contributed by atoms with Crippen molar-refractivity contribution in [2.24, 2.45) is 7.05 Å². The van der Waals surface area contributed by atoms with Crippen molar-refractivity contribution in [1.29, 1.82) is 0 Å². The van der Waals surface area contributed by atoms with Gasteiger partial charge in [0, 0.05) is 12.8 Å². The number of hydrogen-bond donors (Lipinski definition) is 0. The molecule has 4 heteroatoms. The Morgan fingerprint density at radius 1 is 0.947 bits per heavy atom. The van der Waals surface area contributed by atoms with Gasteiger partial charge in [-0.2, -0.15) is 0 Å². The largest absolute Gasteiger partial charge is 0.312 e. The molecule has 0 unspecified atom stereocenters. The summed E-state index contributed by atoms with van der Waals surface area (Å²) >= 11 is 1.82. The van der Waals surface area contributed by atoms with Crippen LogP contribution in [0.15, 0.2) is 11.5 Å².